The van der Waals surface area contributed by atoms with Crippen LogP contribution in [0.3, 0.4) is 0 Å². The van der Waals surface area contributed by atoms with Crippen molar-refractivity contribution in [1.29, 1.82) is 0 Å². The van der Waals surface area contributed by atoms with Crippen LogP contribution in [0.4, 0.5) is 0 Å². The van der Waals surface area contributed by atoms with Crippen molar-refractivity contribution in [3.8, 4) is 5.82 Å². The van der Waals surface area contributed by atoms with Crippen LogP contribution < -0.4 is 0 Å². The molecule has 49 valence electrons. The first kappa shape index (κ1) is 5.42. The van der Waals surface area contributed by atoms with Crippen LogP contribution in [0.15, 0.2) is 5.38 Å². The molecule has 0 fully saturated rings. The largest absolute Gasteiger partial charge is 0.228 e. The van der Waals surface area contributed by atoms with Gasteiger partial charge in [0.15, 0.2) is 5.82 Å². The average Bonchev–Trinajstić information content (AvgIpc) is 2.59. The van der Waals surface area contributed by atoms with Crippen molar-refractivity contribution in [3.63, 3.8) is 0 Å². The van der Waals surface area contributed by atoms with Gasteiger partial charge < -0.3 is 0 Å². The topological polar surface area (TPSA) is 69.4 Å². The molecule has 10 heavy (non-hydrogen) atoms. The summed E-state index contributed by atoms with van der Waals surface area (Å²) in [4.78, 5) is 0. The monoisotopic (exact) mass is 153 g/mol. The summed E-state index contributed by atoms with van der Waals surface area (Å²) < 4.78 is 4.96. The highest BCUT2D eigenvalue weighted by Gasteiger charge is 1.99. The summed E-state index contributed by atoms with van der Waals surface area (Å²) in [5.74, 6) is 0.593. The molecule has 0 spiro atoms. The van der Waals surface area contributed by atoms with E-state index in [1.807, 2.05) is 0 Å². The van der Waals surface area contributed by atoms with E-state index in [1.165, 1.54) is 16.2 Å². The Hall–Kier alpha value is -1.37. The fourth-order valence-corrected chi connectivity index (χ4v) is 0.911. The molecule has 0 aliphatic rings. The van der Waals surface area contributed by atoms with Crippen LogP contribution in [0, 0.1) is 6.33 Å². The average molecular weight is 153 g/mol. The van der Waals surface area contributed by atoms with Gasteiger partial charge in [0, 0.05) is 0 Å². The van der Waals surface area contributed by atoms with Crippen molar-refractivity contribution in [1.82, 2.24) is 29.8 Å². The van der Waals surface area contributed by atoms with Crippen molar-refractivity contribution in [3.05, 3.63) is 11.7 Å². The van der Waals surface area contributed by atoms with E-state index in [0.29, 0.717) is 5.82 Å². The molecule has 0 unspecified atom stereocenters. The summed E-state index contributed by atoms with van der Waals surface area (Å²) in [6, 6.07) is 0. The van der Waals surface area contributed by atoms with Crippen molar-refractivity contribution in [2.24, 2.45) is 0 Å². The summed E-state index contributed by atoms with van der Waals surface area (Å²) in [5, 5.41) is 15.7. The molecular weight excluding hydrogens is 152 g/mol. The molecule has 0 amide bonds. The summed E-state index contributed by atoms with van der Waals surface area (Å²) >= 11 is 1.24. The van der Waals surface area contributed by atoms with E-state index in [2.05, 4.69) is 31.4 Å². The molecular formula is C3HN6S. The number of aromatic nitrogens is 6. The maximum absolute atomic E-state index is 3.72. The quantitative estimate of drug-likeness (QED) is 0.542. The van der Waals surface area contributed by atoms with Gasteiger partial charge >= 0.3 is 0 Å². The highest BCUT2D eigenvalue weighted by atomic mass is 32.1. The van der Waals surface area contributed by atoms with Crippen molar-refractivity contribution in [2.45, 2.75) is 0 Å². The Bertz CT molecular complexity index is 252. The highest BCUT2D eigenvalue weighted by Crippen LogP contribution is 1.99. The summed E-state index contributed by atoms with van der Waals surface area (Å²) in [5.41, 5.74) is 0. The van der Waals surface area contributed by atoms with E-state index < -0.39 is 0 Å². The fourth-order valence-electron chi connectivity index (χ4n) is 0.491. The Balaban J connectivity index is 2.48. The minimum atomic E-state index is 0.593. The van der Waals surface area contributed by atoms with Gasteiger partial charge in [-0.3, -0.25) is 0 Å². The van der Waals surface area contributed by atoms with E-state index in [0.717, 1.165) is 0 Å². The lowest BCUT2D eigenvalue weighted by Crippen LogP contribution is -1.95. The lowest BCUT2D eigenvalue weighted by molar-refractivity contribution is 0.765. The number of hydrogen-bond donors (Lipinski definition) is 0. The molecule has 0 aliphatic carbocycles. The van der Waals surface area contributed by atoms with E-state index >= 15 is 0 Å². The molecule has 0 aromatic carbocycles. The molecule has 0 bridgehead atoms. The minimum Gasteiger partial charge on any atom is -0.168 e. The van der Waals surface area contributed by atoms with E-state index in [-0.39, 0.29) is 0 Å². The lowest BCUT2D eigenvalue weighted by Gasteiger charge is -1.83. The van der Waals surface area contributed by atoms with Gasteiger partial charge in [-0.2, -0.15) is 4.68 Å². The van der Waals surface area contributed by atoms with Crippen LogP contribution in [-0.2, 0) is 0 Å². The zero-order chi connectivity index (χ0) is 6.81. The van der Waals surface area contributed by atoms with Gasteiger partial charge in [-0.25, -0.2) is 0 Å². The van der Waals surface area contributed by atoms with Crippen LogP contribution in [0.2, 0.25) is 0 Å². The number of rotatable bonds is 1. The lowest BCUT2D eigenvalue weighted by atomic mass is 10.8. The predicted molar refractivity (Wildman–Crippen MR) is 31.5 cm³/mol. The molecule has 2 heterocycles. The third-order valence-electron chi connectivity index (χ3n) is 0.879. The van der Waals surface area contributed by atoms with Crippen LogP contribution in [0.1, 0.15) is 0 Å². The SMILES string of the molecule is [c]1nnnn1-c1csnn1. The molecule has 0 saturated carbocycles. The molecule has 2 aromatic heterocycles. The second kappa shape index (κ2) is 2.10. The molecule has 1 radical (unpaired) electrons. The first-order valence-electron chi connectivity index (χ1n) is 2.40. The van der Waals surface area contributed by atoms with Crippen LogP contribution in [0.25, 0.3) is 5.82 Å². The Morgan fingerprint density at radius 3 is 3.20 bits per heavy atom. The molecule has 0 saturated heterocycles. The maximum Gasteiger partial charge on any atom is 0.228 e. The van der Waals surface area contributed by atoms with Gasteiger partial charge in [0.25, 0.3) is 0 Å². The van der Waals surface area contributed by atoms with Gasteiger partial charge in [-0.05, 0) is 22.0 Å². The second-order valence-corrected chi connectivity index (χ2v) is 2.06. The van der Waals surface area contributed by atoms with Crippen LogP contribution in [-0.4, -0.2) is 29.8 Å². The predicted octanol–water partition coefficient (Wildman–Crippen LogP) is -0.686. The fraction of sp³-hybridized carbons (Fsp3) is 0. The minimum absolute atomic E-state index is 0.593. The van der Waals surface area contributed by atoms with E-state index in [4.69, 9.17) is 0 Å². The number of nitrogens with zero attached hydrogens (tertiary/aromatic N) is 6. The second-order valence-electron chi connectivity index (χ2n) is 1.45. The zero-order valence-corrected chi connectivity index (χ0v) is 5.49. The Morgan fingerprint density at radius 2 is 2.60 bits per heavy atom. The molecule has 2 aromatic rings. The first-order chi connectivity index (χ1) is 4.97. The van der Waals surface area contributed by atoms with Gasteiger partial charge in [0.05, 0.1) is 5.38 Å². The molecule has 2 rings (SSSR count). The Kier molecular flexibility index (Phi) is 1.14. The summed E-state index contributed by atoms with van der Waals surface area (Å²) in [6.07, 6.45) is 2.49. The smallest absolute Gasteiger partial charge is 0.168 e. The first-order valence-corrected chi connectivity index (χ1v) is 3.24. The van der Waals surface area contributed by atoms with Gasteiger partial charge in [0.2, 0.25) is 6.33 Å². The van der Waals surface area contributed by atoms with E-state index in [9.17, 15) is 0 Å². The third-order valence-corrected chi connectivity index (χ3v) is 1.37. The van der Waals surface area contributed by atoms with Gasteiger partial charge in [-0.1, -0.05) is 4.49 Å². The van der Waals surface area contributed by atoms with Crippen molar-refractivity contribution < 1.29 is 0 Å². The third kappa shape index (κ3) is 0.760. The normalized spacial score (nSPS) is 10.0. The van der Waals surface area contributed by atoms with E-state index in [1.54, 1.807) is 5.38 Å². The molecule has 0 atom stereocenters. The van der Waals surface area contributed by atoms with Gasteiger partial charge in [-0.15, -0.1) is 10.2 Å². The number of tetrazole rings is 1. The molecule has 6 nitrogen and oxygen atoms in total. The maximum atomic E-state index is 3.72. The van der Waals surface area contributed by atoms with Crippen LogP contribution in [0.5, 0.6) is 0 Å². The highest BCUT2D eigenvalue weighted by molar-refractivity contribution is 7.03. The number of hydrogen-bond acceptors (Lipinski definition) is 6. The molecule has 0 aliphatic heterocycles. The molecule has 7 heteroatoms. The zero-order valence-electron chi connectivity index (χ0n) is 4.67. The van der Waals surface area contributed by atoms with Crippen molar-refractivity contribution >= 4 is 11.5 Å². The van der Waals surface area contributed by atoms with Crippen molar-refractivity contribution in [2.75, 3.05) is 0 Å². The molecule has 0 N–H and O–H groups in total. The van der Waals surface area contributed by atoms with Gasteiger partial charge in [0.1, 0.15) is 0 Å². The summed E-state index contributed by atoms with van der Waals surface area (Å²) in [6.45, 7) is 0. The van der Waals surface area contributed by atoms with Crippen LogP contribution >= 0.6 is 11.5 Å². The Morgan fingerprint density at radius 1 is 1.60 bits per heavy atom. The standard InChI is InChI=1S/C3HN6S/c1-3(5-8-10-1)9-2-4-6-7-9/h1H. The summed E-state index contributed by atoms with van der Waals surface area (Å²) in [7, 11) is 0. The Labute approximate surface area is 59.7 Å².